The molecule has 0 unspecified atom stereocenters. The van der Waals surface area contributed by atoms with E-state index < -0.39 is 35.4 Å². The van der Waals surface area contributed by atoms with Gasteiger partial charge < -0.3 is 9.47 Å². The summed E-state index contributed by atoms with van der Waals surface area (Å²) in [6, 6.07) is 7.59. The van der Waals surface area contributed by atoms with Gasteiger partial charge in [0.25, 0.3) is 5.56 Å². The monoisotopic (exact) mass is 597 g/mol. The predicted octanol–water partition coefficient (Wildman–Crippen LogP) is 6.39. The van der Waals surface area contributed by atoms with Crippen molar-refractivity contribution in [3.63, 3.8) is 0 Å². The first kappa shape index (κ1) is 35.1. The zero-order valence-corrected chi connectivity index (χ0v) is 25.4. The van der Waals surface area contributed by atoms with Crippen LogP contribution in [-0.4, -0.2) is 38.7 Å². The topological polar surface area (TPSA) is 92.4 Å². The van der Waals surface area contributed by atoms with Crippen molar-refractivity contribution >= 4 is 5.97 Å². The van der Waals surface area contributed by atoms with Crippen LogP contribution >= 0.6 is 0 Å². The molecule has 2 rings (SSSR count). The van der Waals surface area contributed by atoms with E-state index in [2.05, 4.69) is 12.0 Å². The zero-order chi connectivity index (χ0) is 31.2. The second-order valence-corrected chi connectivity index (χ2v) is 11.1. The number of esters is 1. The lowest BCUT2D eigenvalue weighted by atomic mass is 10.1. The fourth-order valence-corrected chi connectivity index (χ4v) is 4.62. The number of benzene rings is 1. The number of halogens is 3. The molecule has 0 saturated carbocycles. The van der Waals surface area contributed by atoms with Crippen LogP contribution in [0.1, 0.15) is 103 Å². The van der Waals surface area contributed by atoms with Crippen molar-refractivity contribution in [2.45, 2.75) is 130 Å². The molecule has 42 heavy (non-hydrogen) atoms. The second kappa shape index (κ2) is 17.1. The number of alkyl halides is 3. The molecule has 0 atom stereocenters. The molecule has 1 aromatic heterocycles. The molecule has 0 N–H and O–H groups in total. The number of carbonyl (C=O) groups excluding carboxylic acids is 1. The summed E-state index contributed by atoms with van der Waals surface area (Å²) < 4.78 is 51.1. The SMILES string of the molecule is CCCCCCc1nn(CCCCCCc2cccc(OC(C)(C)C(=O)OCC)c2)c(=O)n(CCCC(F)(F)F)c1=O. The van der Waals surface area contributed by atoms with Crippen LogP contribution in [0.15, 0.2) is 33.9 Å². The Bertz CT molecular complexity index is 1240. The van der Waals surface area contributed by atoms with E-state index in [-0.39, 0.29) is 25.3 Å². The van der Waals surface area contributed by atoms with Crippen LogP contribution in [0.4, 0.5) is 13.2 Å². The molecule has 0 bridgehead atoms. The van der Waals surface area contributed by atoms with Gasteiger partial charge in [-0.3, -0.25) is 9.36 Å². The van der Waals surface area contributed by atoms with Crippen molar-refractivity contribution in [1.29, 1.82) is 0 Å². The van der Waals surface area contributed by atoms with Crippen LogP contribution in [0.2, 0.25) is 0 Å². The normalized spacial score (nSPS) is 12.0. The number of carbonyl (C=O) groups is 1. The maximum atomic E-state index is 12.9. The Balaban J connectivity index is 1.94. The van der Waals surface area contributed by atoms with E-state index in [1.807, 2.05) is 18.2 Å². The van der Waals surface area contributed by atoms with Crippen LogP contribution < -0.4 is 16.0 Å². The summed E-state index contributed by atoms with van der Waals surface area (Å²) >= 11 is 0. The van der Waals surface area contributed by atoms with Gasteiger partial charge in [-0.2, -0.15) is 18.3 Å². The maximum absolute atomic E-state index is 12.9. The summed E-state index contributed by atoms with van der Waals surface area (Å²) in [5.74, 6) is 0.163. The van der Waals surface area contributed by atoms with Crippen LogP contribution in [0.5, 0.6) is 5.75 Å². The standard InChI is InChI=1S/C31H46F3N3O5/c1-5-7-8-12-19-26-27(38)36(21-15-20-31(32,33)34)29(40)37(35-26)22-13-10-9-11-16-24-17-14-18-25(23-24)42-30(3,4)28(39)41-6-2/h14,17-18,23H,5-13,15-16,19-22H2,1-4H3. The molecule has 1 heterocycles. The number of nitrogens with zero attached hydrogens (tertiary/aromatic N) is 3. The lowest BCUT2D eigenvalue weighted by molar-refractivity contribution is -0.158. The fraction of sp³-hybridized carbons (Fsp3) is 0.677. The van der Waals surface area contributed by atoms with Crippen molar-refractivity contribution < 1.29 is 27.4 Å². The molecule has 1 aromatic carbocycles. The second-order valence-electron chi connectivity index (χ2n) is 11.1. The number of aryl methyl sites for hydroxylation is 3. The molecule has 0 radical (unpaired) electrons. The van der Waals surface area contributed by atoms with Crippen molar-refractivity contribution in [3.8, 4) is 5.75 Å². The molecular formula is C31H46F3N3O5. The number of aromatic nitrogens is 3. The van der Waals surface area contributed by atoms with Gasteiger partial charge in [0.2, 0.25) is 0 Å². The lowest BCUT2D eigenvalue weighted by Gasteiger charge is -2.24. The molecule has 0 saturated heterocycles. The number of hydrogen-bond acceptors (Lipinski definition) is 6. The van der Waals surface area contributed by atoms with Crippen molar-refractivity contribution in [2.24, 2.45) is 0 Å². The molecule has 2 aromatic rings. The molecule has 0 aliphatic rings. The highest BCUT2D eigenvalue weighted by Crippen LogP contribution is 2.23. The highest BCUT2D eigenvalue weighted by molar-refractivity contribution is 5.79. The molecule has 0 spiro atoms. The number of hydrogen-bond donors (Lipinski definition) is 0. The van der Waals surface area contributed by atoms with E-state index in [9.17, 15) is 27.6 Å². The summed E-state index contributed by atoms with van der Waals surface area (Å²) in [5.41, 5.74) is -1.01. The van der Waals surface area contributed by atoms with Crippen LogP contribution in [0, 0.1) is 0 Å². The molecule has 11 heteroatoms. The average molecular weight is 598 g/mol. The van der Waals surface area contributed by atoms with E-state index in [0.717, 1.165) is 61.5 Å². The third kappa shape index (κ3) is 12.0. The zero-order valence-electron chi connectivity index (χ0n) is 25.4. The highest BCUT2D eigenvalue weighted by atomic mass is 19.4. The van der Waals surface area contributed by atoms with Gasteiger partial charge >= 0.3 is 17.8 Å². The first-order chi connectivity index (χ1) is 19.9. The Labute approximate surface area is 246 Å². The lowest BCUT2D eigenvalue weighted by Crippen LogP contribution is -2.43. The highest BCUT2D eigenvalue weighted by Gasteiger charge is 2.31. The van der Waals surface area contributed by atoms with Gasteiger partial charge in [-0.25, -0.2) is 14.3 Å². The van der Waals surface area contributed by atoms with Gasteiger partial charge in [0, 0.05) is 19.5 Å². The van der Waals surface area contributed by atoms with Gasteiger partial charge in [0.1, 0.15) is 11.4 Å². The van der Waals surface area contributed by atoms with Crippen LogP contribution in [0.3, 0.4) is 0 Å². The third-order valence-corrected chi connectivity index (χ3v) is 6.92. The number of rotatable bonds is 19. The largest absolute Gasteiger partial charge is 0.476 e. The summed E-state index contributed by atoms with van der Waals surface area (Å²) in [4.78, 5) is 37.9. The van der Waals surface area contributed by atoms with E-state index in [1.54, 1.807) is 26.8 Å². The Morgan fingerprint density at radius 1 is 0.905 bits per heavy atom. The van der Waals surface area contributed by atoms with E-state index in [4.69, 9.17) is 9.47 Å². The van der Waals surface area contributed by atoms with E-state index in [0.29, 0.717) is 25.1 Å². The first-order valence-corrected chi connectivity index (χ1v) is 15.1. The average Bonchev–Trinajstić information content (AvgIpc) is 2.92. The smallest absolute Gasteiger partial charge is 0.389 e. The summed E-state index contributed by atoms with van der Waals surface area (Å²) in [5, 5.41) is 4.32. The Hall–Kier alpha value is -3.11. The summed E-state index contributed by atoms with van der Waals surface area (Å²) in [7, 11) is 0. The minimum Gasteiger partial charge on any atom is -0.476 e. The van der Waals surface area contributed by atoms with Gasteiger partial charge in [0.05, 0.1) is 6.61 Å². The fourth-order valence-electron chi connectivity index (χ4n) is 4.62. The Kier molecular flexibility index (Phi) is 14.3. The maximum Gasteiger partial charge on any atom is 0.389 e. The first-order valence-electron chi connectivity index (χ1n) is 15.1. The van der Waals surface area contributed by atoms with Crippen LogP contribution in [0.25, 0.3) is 0 Å². The van der Waals surface area contributed by atoms with Crippen molar-refractivity contribution in [1.82, 2.24) is 14.3 Å². The van der Waals surface area contributed by atoms with Gasteiger partial charge in [-0.1, -0.05) is 51.2 Å². The third-order valence-electron chi connectivity index (χ3n) is 6.92. The van der Waals surface area contributed by atoms with E-state index in [1.165, 1.54) is 4.68 Å². The predicted molar refractivity (Wildman–Crippen MR) is 156 cm³/mol. The number of unbranched alkanes of at least 4 members (excludes halogenated alkanes) is 6. The van der Waals surface area contributed by atoms with Gasteiger partial charge in [-0.05, 0) is 77.0 Å². The van der Waals surface area contributed by atoms with E-state index >= 15 is 0 Å². The minimum atomic E-state index is -4.34. The summed E-state index contributed by atoms with van der Waals surface area (Å²) in [6.07, 6.45) is 2.45. The Morgan fingerprint density at radius 3 is 2.29 bits per heavy atom. The van der Waals surface area contributed by atoms with Crippen LogP contribution in [-0.2, 0) is 35.5 Å². The molecule has 0 fully saturated rings. The molecule has 0 aliphatic carbocycles. The molecular weight excluding hydrogens is 551 g/mol. The molecule has 236 valence electrons. The minimum absolute atomic E-state index is 0.242. The molecule has 0 aliphatic heterocycles. The van der Waals surface area contributed by atoms with Crippen molar-refractivity contribution in [3.05, 3.63) is 56.4 Å². The van der Waals surface area contributed by atoms with Gasteiger partial charge in [0.15, 0.2) is 5.60 Å². The van der Waals surface area contributed by atoms with Gasteiger partial charge in [-0.15, -0.1) is 0 Å². The molecule has 0 amide bonds. The number of ether oxygens (including phenoxy) is 2. The van der Waals surface area contributed by atoms with Crippen molar-refractivity contribution in [2.75, 3.05) is 6.61 Å². The quantitative estimate of drug-likeness (QED) is 0.138. The Morgan fingerprint density at radius 2 is 1.60 bits per heavy atom. The molecule has 8 nitrogen and oxygen atoms in total. The summed E-state index contributed by atoms with van der Waals surface area (Å²) in [6.45, 7) is 7.46.